The van der Waals surface area contributed by atoms with Crippen molar-refractivity contribution in [3.05, 3.63) is 0 Å². The lowest BCUT2D eigenvalue weighted by molar-refractivity contribution is 0.319. The molecule has 0 fully saturated rings. The van der Waals surface area contributed by atoms with Gasteiger partial charge in [0.1, 0.15) is 0 Å². The summed E-state index contributed by atoms with van der Waals surface area (Å²) in [5.41, 5.74) is 0. The molecule has 0 amide bonds. The van der Waals surface area contributed by atoms with Gasteiger partial charge >= 0.3 is 0 Å². The number of hydrogen-bond acceptors (Lipinski definition) is 2. The first kappa shape index (κ1) is 15.6. The van der Waals surface area contributed by atoms with E-state index in [-0.39, 0.29) is 6.15 Å². The summed E-state index contributed by atoms with van der Waals surface area (Å²) in [5.74, 6) is 0. The van der Waals surface area contributed by atoms with E-state index in [1.165, 1.54) is 31.0 Å². The van der Waals surface area contributed by atoms with Crippen molar-refractivity contribution in [3.63, 3.8) is 0 Å². The molecule has 3 heteroatoms. The average Bonchev–Trinajstić information content (AvgIpc) is 2.13. The van der Waals surface area contributed by atoms with Crippen LogP contribution in [0.4, 0.5) is 0 Å². The number of rotatable bonds is 7. The molecule has 0 unspecified atom stereocenters. The molecule has 0 radical (unpaired) electrons. The zero-order valence-corrected chi connectivity index (χ0v) is 10.9. The van der Waals surface area contributed by atoms with E-state index in [1.807, 2.05) is 0 Å². The molecule has 0 aliphatic heterocycles. The second kappa shape index (κ2) is 8.72. The highest BCUT2D eigenvalue weighted by atomic mass is 28.4. The van der Waals surface area contributed by atoms with E-state index in [4.69, 9.17) is 4.43 Å². The summed E-state index contributed by atoms with van der Waals surface area (Å²) in [4.78, 5) is 0. The zero-order valence-electron chi connectivity index (χ0n) is 9.86. The molecule has 0 saturated carbocycles. The topological polar surface area (TPSA) is 44.2 Å². The Balaban J connectivity index is 0. The van der Waals surface area contributed by atoms with Gasteiger partial charge in [-0.05, 0) is 25.1 Å². The summed E-state index contributed by atoms with van der Waals surface area (Å²) in [5, 5.41) is 0. The van der Waals surface area contributed by atoms with Crippen LogP contribution in [-0.4, -0.2) is 14.9 Å². The minimum Gasteiger partial charge on any atom is -0.417 e. The Labute approximate surface area is 84.8 Å². The van der Waals surface area contributed by atoms with E-state index < -0.39 is 8.32 Å². The highest BCUT2D eigenvalue weighted by Gasteiger charge is 2.29. The van der Waals surface area contributed by atoms with Crippen LogP contribution in [0.1, 0.15) is 40.5 Å². The summed E-state index contributed by atoms with van der Waals surface area (Å²) in [6, 6.07) is 3.94. The Kier molecular flexibility index (Phi) is 10.5. The average molecular weight is 205 g/mol. The van der Waals surface area contributed by atoms with Gasteiger partial charge in [-0.2, -0.15) is 0 Å². The summed E-state index contributed by atoms with van der Waals surface area (Å²) in [6.07, 6.45) is 2.66. The van der Waals surface area contributed by atoms with Gasteiger partial charge in [-0.15, -0.1) is 0 Å². The number of hydrogen-bond donors (Lipinski definition) is 1. The van der Waals surface area contributed by atoms with Crippen LogP contribution in [0, 0.1) is 0 Å². The van der Waals surface area contributed by atoms with Crippen LogP contribution in [0.15, 0.2) is 0 Å². The molecule has 0 aliphatic carbocycles. The van der Waals surface area contributed by atoms with Crippen LogP contribution >= 0.6 is 0 Å². The highest BCUT2D eigenvalue weighted by molar-refractivity contribution is 6.73. The Bertz CT molecular complexity index is 105. The lowest BCUT2D eigenvalue weighted by Gasteiger charge is -2.28. The summed E-state index contributed by atoms with van der Waals surface area (Å²) >= 11 is 0. The predicted molar refractivity (Wildman–Crippen MR) is 63.1 cm³/mol. The van der Waals surface area contributed by atoms with Crippen molar-refractivity contribution in [2.24, 2.45) is 0 Å². The molecule has 0 saturated heterocycles. The maximum absolute atomic E-state index is 5.97. The SMILES string of the molecule is CCCC[Si](CC)(CC)OCC.N. The van der Waals surface area contributed by atoms with Crippen LogP contribution in [-0.2, 0) is 4.43 Å². The first-order chi connectivity index (χ1) is 5.74. The van der Waals surface area contributed by atoms with Crippen molar-refractivity contribution in [2.45, 2.75) is 58.7 Å². The molecule has 3 N–H and O–H groups in total. The van der Waals surface area contributed by atoms with Gasteiger partial charge in [0.2, 0.25) is 0 Å². The van der Waals surface area contributed by atoms with E-state index in [1.54, 1.807) is 0 Å². The standard InChI is InChI=1S/C10H24OSi.H3N/c1-5-9-10-12(7-3,8-4)11-6-2;/h5-10H2,1-4H3;1H3. The van der Waals surface area contributed by atoms with Crippen molar-refractivity contribution in [2.75, 3.05) is 6.61 Å². The van der Waals surface area contributed by atoms with Crippen molar-refractivity contribution in [3.8, 4) is 0 Å². The van der Waals surface area contributed by atoms with E-state index in [0.29, 0.717) is 0 Å². The lowest BCUT2D eigenvalue weighted by atomic mass is 10.4. The van der Waals surface area contributed by atoms with Crippen LogP contribution in [0.2, 0.25) is 18.1 Å². The molecule has 0 atom stereocenters. The van der Waals surface area contributed by atoms with Gasteiger partial charge in [-0.1, -0.05) is 33.6 Å². The normalized spacial score (nSPS) is 11.1. The van der Waals surface area contributed by atoms with Gasteiger partial charge in [0.15, 0.2) is 8.32 Å². The summed E-state index contributed by atoms with van der Waals surface area (Å²) < 4.78 is 5.97. The third-order valence-corrected chi connectivity index (χ3v) is 7.47. The van der Waals surface area contributed by atoms with Gasteiger partial charge in [0.05, 0.1) is 0 Å². The van der Waals surface area contributed by atoms with Gasteiger partial charge in [0, 0.05) is 6.61 Å². The Morgan fingerprint density at radius 1 is 1.00 bits per heavy atom. The molecule has 0 spiro atoms. The second-order valence-corrected chi connectivity index (χ2v) is 8.00. The monoisotopic (exact) mass is 205 g/mol. The largest absolute Gasteiger partial charge is 0.417 e. The molecule has 0 bridgehead atoms. The minimum absolute atomic E-state index is 0. The smallest absolute Gasteiger partial charge is 0.192 e. The van der Waals surface area contributed by atoms with E-state index in [9.17, 15) is 0 Å². The maximum Gasteiger partial charge on any atom is 0.192 e. The van der Waals surface area contributed by atoms with E-state index >= 15 is 0 Å². The van der Waals surface area contributed by atoms with Crippen molar-refractivity contribution in [1.82, 2.24) is 6.15 Å². The first-order valence-electron chi connectivity index (χ1n) is 5.38. The van der Waals surface area contributed by atoms with Gasteiger partial charge in [-0.25, -0.2) is 0 Å². The van der Waals surface area contributed by atoms with Crippen LogP contribution in [0.25, 0.3) is 0 Å². The molecular weight excluding hydrogens is 178 g/mol. The zero-order chi connectivity index (χ0) is 9.45. The molecule has 0 aromatic carbocycles. The molecule has 13 heavy (non-hydrogen) atoms. The van der Waals surface area contributed by atoms with Crippen LogP contribution < -0.4 is 6.15 Å². The van der Waals surface area contributed by atoms with Crippen molar-refractivity contribution < 1.29 is 4.43 Å². The molecule has 0 heterocycles. The van der Waals surface area contributed by atoms with Crippen LogP contribution in [0.5, 0.6) is 0 Å². The predicted octanol–water partition coefficient (Wildman–Crippen LogP) is 3.97. The minimum atomic E-state index is -1.26. The summed E-state index contributed by atoms with van der Waals surface area (Å²) in [6.45, 7) is 9.88. The molecule has 0 rings (SSSR count). The molecule has 82 valence electrons. The second-order valence-electron chi connectivity index (χ2n) is 3.43. The van der Waals surface area contributed by atoms with E-state index in [2.05, 4.69) is 27.7 Å². The Morgan fingerprint density at radius 3 is 1.85 bits per heavy atom. The third-order valence-electron chi connectivity index (χ3n) is 2.73. The molecular formula is C10H27NOSi. The van der Waals surface area contributed by atoms with Crippen molar-refractivity contribution >= 4 is 8.32 Å². The van der Waals surface area contributed by atoms with Crippen LogP contribution in [0.3, 0.4) is 0 Å². The molecule has 2 nitrogen and oxygen atoms in total. The Morgan fingerprint density at radius 2 is 1.54 bits per heavy atom. The van der Waals surface area contributed by atoms with Gasteiger partial charge < -0.3 is 10.6 Å². The molecule has 0 aliphatic rings. The van der Waals surface area contributed by atoms with Gasteiger partial charge in [-0.3, -0.25) is 0 Å². The molecule has 0 aromatic heterocycles. The van der Waals surface area contributed by atoms with Gasteiger partial charge in [0.25, 0.3) is 0 Å². The quantitative estimate of drug-likeness (QED) is 0.639. The van der Waals surface area contributed by atoms with E-state index in [0.717, 1.165) is 6.61 Å². The first-order valence-corrected chi connectivity index (χ1v) is 7.91. The number of unbranched alkanes of at least 4 members (excludes halogenated alkanes) is 1. The fraction of sp³-hybridized carbons (Fsp3) is 1.00. The third kappa shape index (κ3) is 5.44. The maximum atomic E-state index is 5.97. The fourth-order valence-electron chi connectivity index (χ4n) is 1.68. The van der Waals surface area contributed by atoms with Crippen molar-refractivity contribution in [1.29, 1.82) is 0 Å². The summed E-state index contributed by atoms with van der Waals surface area (Å²) in [7, 11) is -1.26. The fourth-order valence-corrected chi connectivity index (χ4v) is 5.05. The lowest BCUT2D eigenvalue weighted by Crippen LogP contribution is -2.36. The molecule has 0 aromatic rings. The Hall–Kier alpha value is 0.137. The highest BCUT2D eigenvalue weighted by Crippen LogP contribution is 2.24.